The van der Waals surface area contributed by atoms with Crippen LogP contribution in [0.2, 0.25) is 0 Å². The van der Waals surface area contributed by atoms with E-state index in [1.165, 1.54) is 44.9 Å². The average molecular weight is 247 g/mol. The predicted octanol–water partition coefficient (Wildman–Crippen LogP) is 5.11. The molecule has 0 saturated heterocycles. The second kappa shape index (κ2) is 13.0. The van der Waals surface area contributed by atoms with Crippen LogP contribution >= 0.6 is 11.6 Å². The zero-order chi connectivity index (χ0) is 12.1. The highest BCUT2D eigenvalue weighted by Gasteiger charge is 2.00. The lowest BCUT2D eigenvalue weighted by Crippen LogP contribution is -1.97. The number of ketones is 1. The first-order valence-corrected chi connectivity index (χ1v) is 7.42. The van der Waals surface area contributed by atoms with Gasteiger partial charge in [0, 0.05) is 18.7 Å². The molecule has 0 fully saturated rings. The minimum atomic E-state index is 0.395. The summed E-state index contributed by atoms with van der Waals surface area (Å²) in [5, 5.41) is 0. The lowest BCUT2D eigenvalue weighted by Gasteiger charge is -2.01. The molecule has 0 N–H and O–H groups in total. The summed E-state index contributed by atoms with van der Waals surface area (Å²) >= 11 is 5.54. The van der Waals surface area contributed by atoms with Crippen LogP contribution in [-0.2, 0) is 4.79 Å². The van der Waals surface area contributed by atoms with Crippen molar-refractivity contribution < 1.29 is 4.79 Å². The van der Waals surface area contributed by atoms with Gasteiger partial charge in [-0.25, -0.2) is 0 Å². The number of Topliss-reactive ketones (excluding diaryl/α,β-unsaturated/α-hetero) is 1. The minimum Gasteiger partial charge on any atom is -0.300 e. The lowest BCUT2D eigenvalue weighted by atomic mass is 10.0. The molecule has 0 aromatic rings. The highest BCUT2D eigenvalue weighted by atomic mass is 35.5. The highest BCUT2D eigenvalue weighted by Crippen LogP contribution is 2.10. The number of hydrogen-bond acceptors (Lipinski definition) is 1. The van der Waals surface area contributed by atoms with E-state index in [2.05, 4.69) is 6.92 Å². The summed E-state index contributed by atoms with van der Waals surface area (Å²) in [6, 6.07) is 0. The van der Waals surface area contributed by atoms with Crippen LogP contribution in [0.3, 0.4) is 0 Å². The summed E-state index contributed by atoms with van der Waals surface area (Å²) < 4.78 is 0. The highest BCUT2D eigenvalue weighted by molar-refractivity contribution is 6.17. The van der Waals surface area contributed by atoms with Gasteiger partial charge in [0.15, 0.2) is 0 Å². The minimum absolute atomic E-state index is 0.395. The lowest BCUT2D eigenvalue weighted by molar-refractivity contribution is -0.119. The first-order chi connectivity index (χ1) is 7.81. The second-order valence-corrected chi connectivity index (χ2v) is 4.93. The Morgan fingerprint density at radius 3 is 1.88 bits per heavy atom. The zero-order valence-electron chi connectivity index (χ0n) is 10.8. The molecule has 0 heterocycles. The Kier molecular flexibility index (Phi) is 13.0. The first-order valence-electron chi connectivity index (χ1n) is 6.89. The van der Waals surface area contributed by atoms with Crippen LogP contribution in [0.5, 0.6) is 0 Å². The van der Waals surface area contributed by atoms with Crippen molar-refractivity contribution in [2.24, 2.45) is 0 Å². The second-order valence-electron chi connectivity index (χ2n) is 4.56. The van der Waals surface area contributed by atoms with Crippen molar-refractivity contribution in [3.05, 3.63) is 0 Å². The van der Waals surface area contributed by atoms with Crippen LogP contribution in [0.4, 0.5) is 0 Å². The van der Waals surface area contributed by atoms with Crippen LogP contribution < -0.4 is 0 Å². The summed E-state index contributed by atoms with van der Waals surface area (Å²) in [6.45, 7) is 2.24. The molecule has 0 unspecified atom stereocenters. The molecular formula is C14H27ClO. The molecule has 2 heteroatoms. The number of halogens is 1. The van der Waals surface area contributed by atoms with Crippen molar-refractivity contribution in [1.82, 2.24) is 0 Å². The quantitative estimate of drug-likeness (QED) is 0.346. The van der Waals surface area contributed by atoms with Gasteiger partial charge in [0.25, 0.3) is 0 Å². The summed E-state index contributed by atoms with van der Waals surface area (Å²) in [6.07, 6.45) is 12.7. The fourth-order valence-corrected chi connectivity index (χ4v) is 1.98. The Balaban J connectivity index is 3.05. The van der Waals surface area contributed by atoms with E-state index in [0.717, 1.165) is 19.3 Å². The number of unbranched alkanes of at least 4 members (excludes halogenated alkanes) is 7. The molecule has 0 bridgehead atoms. The number of hydrogen-bond donors (Lipinski definition) is 0. The van der Waals surface area contributed by atoms with Crippen molar-refractivity contribution in [2.75, 3.05) is 5.88 Å². The molecule has 0 atom stereocenters. The number of rotatable bonds is 12. The maximum absolute atomic E-state index is 11.3. The van der Waals surface area contributed by atoms with Crippen molar-refractivity contribution >= 4 is 17.4 Å². The number of carbonyl (C=O) groups excluding carboxylic acids is 1. The molecular weight excluding hydrogens is 220 g/mol. The van der Waals surface area contributed by atoms with E-state index in [1.54, 1.807) is 0 Å². The summed E-state index contributed by atoms with van der Waals surface area (Å²) in [4.78, 5) is 11.3. The third kappa shape index (κ3) is 12.0. The van der Waals surface area contributed by atoms with Crippen molar-refractivity contribution in [2.45, 2.75) is 77.6 Å². The van der Waals surface area contributed by atoms with Crippen molar-refractivity contribution in [1.29, 1.82) is 0 Å². The third-order valence-corrected chi connectivity index (χ3v) is 3.17. The Morgan fingerprint density at radius 2 is 1.31 bits per heavy atom. The largest absolute Gasteiger partial charge is 0.300 e. The molecule has 0 radical (unpaired) electrons. The molecule has 0 aliphatic carbocycles. The smallest absolute Gasteiger partial charge is 0.132 e. The predicted molar refractivity (Wildman–Crippen MR) is 72.2 cm³/mol. The van der Waals surface area contributed by atoms with Crippen LogP contribution in [0, 0.1) is 0 Å². The molecule has 0 aromatic carbocycles. The standard InChI is InChI=1S/C14H27ClO/c1-2-3-4-5-6-7-8-9-11-14(16)12-10-13-15/h2-13H2,1H3. The van der Waals surface area contributed by atoms with Gasteiger partial charge in [-0.1, -0.05) is 51.9 Å². The van der Waals surface area contributed by atoms with Crippen LogP contribution in [0.15, 0.2) is 0 Å². The van der Waals surface area contributed by atoms with Gasteiger partial charge in [-0.15, -0.1) is 11.6 Å². The van der Waals surface area contributed by atoms with Gasteiger partial charge in [-0.2, -0.15) is 0 Å². The summed E-state index contributed by atoms with van der Waals surface area (Å²) in [5.41, 5.74) is 0. The molecule has 1 nitrogen and oxygen atoms in total. The van der Waals surface area contributed by atoms with Crippen LogP contribution in [-0.4, -0.2) is 11.7 Å². The van der Waals surface area contributed by atoms with Crippen LogP contribution in [0.1, 0.15) is 77.6 Å². The van der Waals surface area contributed by atoms with Gasteiger partial charge >= 0.3 is 0 Å². The molecule has 0 rings (SSSR count). The van der Waals surface area contributed by atoms with Crippen LogP contribution in [0.25, 0.3) is 0 Å². The fraction of sp³-hybridized carbons (Fsp3) is 0.929. The molecule has 0 aliphatic rings. The van der Waals surface area contributed by atoms with Gasteiger partial charge in [0.2, 0.25) is 0 Å². The maximum Gasteiger partial charge on any atom is 0.132 e. The normalized spacial score (nSPS) is 10.6. The average Bonchev–Trinajstić information content (AvgIpc) is 2.30. The zero-order valence-corrected chi connectivity index (χ0v) is 11.5. The van der Waals surface area contributed by atoms with E-state index in [-0.39, 0.29) is 0 Å². The molecule has 0 amide bonds. The van der Waals surface area contributed by atoms with Gasteiger partial charge in [0.05, 0.1) is 0 Å². The number of alkyl halides is 1. The van der Waals surface area contributed by atoms with Crippen molar-refractivity contribution in [3.8, 4) is 0 Å². The van der Waals surface area contributed by atoms with E-state index in [1.807, 2.05) is 0 Å². The van der Waals surface area contributed by atoms with Crippen molar-refractivity contribution in [3.63, 3.8) is 0 Å². The third-order valence-electron chi connectivity index (χ3n) is 2.90. The SMILES string of the molecule is CCCCCCCCCCC(=O)CCCCl. The molecule has 0 spiro atoms. The summed E-state index contributed by atoms with van der Waals surface area (Å²) in [5.74, 6) is 1.01. The summed E-state index contributed by atoms with van der Waals surface area (Å²) in [7, 11) is 0. The Morgan fingerprint density at radius 1 is 0.812 bits per heavy atom. The Hall–Kier alpha value is -0.0400. The van der Waals surface area contributed by atoms with E-state index in [4.69, 9.17) is 11.6 Å². The van der Waals surface area contributed by atoms with Gasteiger partial charge < -0.3 is 0 Å². The number of carbonyl (C=O) groups is 1. The first kappa shape index (κ1) is 16.0. The monoisotopic (exact) mass is 246 g/mol. The Bertz CT molecular complexity index is 157. The topological polar surface area (TPSA) is 17.1 Å². The molecule has 0 aromatic heterocycles. The molecule has 96 valence electrons. The van der Waals surface area contributed by atoms with Gasteiger partial charge in [-0.05, 0) is 12.8 Å². The molecule has 0 aliphatic heterocycles. The van der Waals surface area contributed by atoms with E-state index in [0.29, 0.717) is 18.1 Å². The molecule has 0 saturated carbocycles. The fourth-order valence-electron chi connectivity index (χ4n) is 1.85. The maximum atomic E-state index is 11.3. The van der Waals surface area contributed by atoms with Gasteiger partial charge in [-0.3, -0.25) is 4.79 Å². The van der Waals surface area contributed by atoms with E-state index < -0.39 is 0 Å². The van der Waals surface area contributed by atoms with Gasteiger partial charge in [0.1, 0.15) is 5.78 Å². The Labute approximate surface area is 106 Å². The van der Waals surface area contributed by atoms with E-state index in [9.17, 15) is 4.79 Å². The van der Waals surface area contributed by atoms with E-state index >= 15 is 0 Å². The molecule has 16 heavy (non-hydrogen) atoms.